The van der Waals surface area contributed by atoms with E-state index < -0.39 is 0 Å². The molecule has 1 N–H and O–H groups in total. The Morgan fingerprint density at radius 2 is 2.24 bits per heavy atom. The van der Waals surface area contributed by atoms with Crippen molar-refractivity contribution in [2.75, 3.05) is 0 Å². The van der Waals surface area contributed by atoms with E-state index in [0.29, 0.717) is 18.4 Å². The molecular weight excluding hydrogens is 232 g/mol. The van der Waals surface area contributed by atoms with Gasteiger partial charge in [0.05, 0.1) is 10.9 Å². The van der Waals surface area contributed by atoms with Crippen LogP contribution < -0.4 is 5.32 Å². The zero-order valence-electron chi connectivity index (χ0n) is 9.69. The molecule has 1 fully saturated rings. The highest BCUT2D eigenvalue weighted by atomic mass is 32.1. The summed E-state index contributed by atoms with van der Waals surface area (Å²) in [4.78, 5) is 12.6. The van der Waals surface area contributed by atoms with Gasteiger partial charge in [-0.25, -0.2) is 0 Å². The Morgan fingerprint density at radius 3 is 2.82 bits per heavy atom. The first-order chi connectivity index (χ1) is 8.29. The van der Waals surface area contributed by atoms with Crippen LogP contribution in [0.15, 0.2) is 17.5 Å². The van der Waals surface area contributed by atoms with Crippen molar-refractivity contribution in [3.05, 3.63) is 22.4 Å². The minimum Gasteiger partial charge on any atom is -0.349 e. The molecule has 1 saturated carbocycles. The van der Waals surface area contributed by atoms with Crippen LogP contribution in [0.5, 0.6) is 0 Å². The number of hydrogen-bond acceptors (Lipinski definition) is 3. The fourth-order valence-corrected chi connectivity index (χ4v) is 2.93. The van der Waals surface area contributed by atoms with Gasteiger partial charge in [-0.3, -0.25) is 4.79 Å². The third kappa shape index (κ3) is 3.31. The molecule has 2 rings (SSSR count). The van der Waals surface area contributed by atoms with Gasteiger partial charge in [-0.15, -0.1) is 11.3 Å². The summed E-state index contributed by atoms with van der Waals surface area (Å²) < 4.78 is 0. The summed E-state index contributed by atoms with van der Waals surface area (Å²) in [5.41, 5.74) is 0. The number of rotatable bonds is 3. The van der Waals surface area contributed by atoms with E-state index in [9.17, 15) is 4.79 Å². The van der Waals surface area contributed by atoms with Crippen molar-refractivity contribution in [1.82, 2.24) is 5.32 Å². The quantitative estimate of drug-likeness (QED) is 0.894. The van der Waals surface area contributed by atoms with Crippen LogP contribution in [-0.4, -0.2) is 11.9 Å². The first-order valence-electron chi connectivity index (χ1n) is 6.01. The largest absolute Gasteiger partial charge is 0.349 e. The van der Waals surface area contributed by atoms with Gasteiger partial charge >= 0.3 is 0 Å². The second-order valence-electron chi connectivity index (χ2n) is 4.53. The summed E-state index contributed by atoms with van der Waals surface area (Å²) in [5, 5.41) is 13.6. The molecule has 4 heteroatoms. The van der Waals surface area contributed by atoms with E-state index in [0.717, 1.165) is 30.6 Å². The molecule has 0 unspecified atom stereocenters. The molecule has 0 aromatic carbocycles. The normalized spacial score (nSPS) is 23.9. The van der Waals surface area contributed by atoms with E-state index >= 15 is 0 Å². The lowest BCUT2D eigenvalue weighted by molar-refractivity contribution is 0.0926. The van der Waals surface area contributed by atoms with Crippen molar-refractivity contribution in [2.24, 2.45) is 5.92 Å². The van der Waals surface area contributed by atoms with Gasteiger partial charge < -0.3 is 5.32 Å². The van der Waals surface area contributed by atoms with E-state index in [2.05, 4.69) is 11.4 Å². The molecule has 0 saturated heterocycles. The second kappa shape index (κ2) is 5.83. The summed E-state index contributed by atoms with van der Waals surface area (Å²) in [6, 6.07) is 6.26. The number of nitrogens with zero attached hydrogens (tertiary/aromatic N) is 1. The van der Waals surface area contributed by atoms with Crippen LogP contribution in [0.2, 0.25) is 0 Å². The van der Waals surface area contributed by atoms with E-state index in [4.69, 9.17) is 5.26 Å². The monoisotopic (exact) mass is 248 g/mol. The topological polar surface area (TPSA) is 52.9 Å². The highest BCUT2D eigenvalue weighted by Crippen LogP contribution is 2.26. The Morgan fingerprint density at radius 1 is 1.47 bits per heavy atom. The minimum absolute atomic E-state index is 0.0451. The number of thiophene rings is 1. The molecule has 0 aliphatic heterocycles. The molecule has 0 bridgehead atoms. The molecule has 0 radical (unpaired) electrons. The smallest absolute Gasteiger partial charge is 0.261 e. The van der Waals surface area contributed by atoms with Crippen molar-refractivity contribution in [3.8, 4) is 6.07 Å². The number of carbonyl (C=O) groups is 1. The maximum atomic E-state index is 11.8. The molecule has 1 aromatic heterocycles. The summed E-state index contributed by atoms with van der Waals surface area (Å²) >= 11 is 1.47. The van der Waals surface area contributed by atoms with Gasteiger partial charge in [0.15, 0.2) is 0 Å². The summed E-state index contributed by atoms with van der Waals surface area (Å²) in [7, 11) is 0. The Labute approximate surface area is 105 Å². The fraction of sp³-hybridized carbons (Fsp3) is 0.538. The predicted molar refractivity (Wildman–Crippen MR) is 67.8 cm³/mol. The molecule has 1 amide bonds. The average Bonchev–Trinajstić information content (AvgIpc) is 2.86. The lowest BCUT2D eigenvalue weighted by Gasteiger charge is -2.27. The van der Waals surface area contributed by atoms with Crippen LogP contribution in [-0.2, 0) is 0 Å². The Bertz CT molecular complexity index is 400. The van der Waals surface area contributed by atoms with Crippen molar-refractivity contribution < 1.29 is 4.79 Å². The van der Waals surface area contributed by atoms with E-state index in [1.54, 1.807) is 0 Å². The molecule has 1 heterocycles. The maximum Gasteiger partial charge on any atom is 0.261 e. The van der Waals surface area contributed by atoms with Crippen LogP contribution in [0.3, 0.4) is 0 Å². The Balaban J connectivity index is 1.79. The van der Waals surface area contributed by atoms with Gasteiger partial charge in [0.2, 0.25) is 0 Å². The highest BCUT2D eigenvalue weighted by molar-refractivity contribution is 7.12. The number of nitriles is 1. The van der Waals surface area contributed by atoms with Gasteiger partial charge in [0.1, 0.15) is 0 Å². The average molecular weight is 248 g/mol. The molecular formula is C13H16N2OS. The van der Waals surface area contributed by atoms with Crippen LogP contribution in [0.4, 0.5) is 0 Å². The SMILES string of the molecule is N#CCC1CCC(NC(=O)c2cccs2)CC1. The molecule has 1 aliphatic carbocycles. The van der Waals surface area contributed by atoms with Crippen LogP contribution >= 0.6 is 11.3 Å². The van der Waals surface area contributed by atoms with E-state index in [1.165, 1.54) is 11.3 Å². The van der Waals surface area contributed by atoms with Gasteiger partial charge in [0.25, 0.3) is 5.91 Å². The first-order valence-corrected chi connectivity index (χ1v) is 6.89. The summed E-state index contributed by atoms with van der Waals surface area (Å²) in [5.74, 6) is 0.582. The lowest BCUT2D eigenvalue weighted by Crippen LogP contribution is -2.37. The van der Waals surface area contributed by atoms with E-state index in [-0.39, 0.29) is 5.91 Å². The lowest BCUT2D eigenvalue weighted by atomic mass is 9.84. The van der Waals surface area contributed by atoms with E-state index in [1.807, 2.05) is 17.5 Å². The van der Waals surface area contributed by atoms with Crippen molar-refractivity contribution in [3.63, 3.8) is 0 Å². The third-order valence-electron chi connectivity index (χ3n) is 3.31. The standard InChI is InChI=1S/C13H16N2OS/c14-8-7-10-3-5-11(6-4-10)15-13(16)12-2-1-9-17-12/h1-2,9-11H,3-7H2,(H,15,16). The third-order valence-corrected chi connectivity index (χ3v) is 4.18. The zero-order chi connectivity index (χ0) is 12.1. The number of amides is 1. The molecule has 1 aliphatic rings. The number of carbonyl (C=O) groups excluding carboxylic acids is 1. The zero-order valence-corrected chi connectivity index (χ0v) is 10.5. The Kier molecular flexibility index (Phi) is 4.16. The van der Waals surface area contributed by atoms with Crippen LogP contribution in [0, 0.1) is 17.2 Å². The number of hydrogen-bond donors (Lipinski definition) is 1. The highest BCUT2D eigenvalue weighted by Gasteiger charge is 2.22. The van der Waals surface area contributed by atoms with Crippen molar-refractivity contribution in [1.29, 1.82) is 5.26 Å². The van der Waals surface area contributed by atoms with Gasteiger partial charge in [-0.1, -0.05) is 6.07 Å². The molecule has 1 aromatic rings. The summed E-state index contributed by atoms with van der Waals surface area (Å²) in [6.45, 7) is 0. The second-order valence-corrected chi connectivity index (χ2v) is 5.48. The Hall–Kier alpha value is -1.34. The molecule has 0 spiro atoms. The molecule has 0 atom stereocenters. The van der Waals surface area contributed by atoms with Crippen LogP contribution in [0.25, 0.3) is 0 Å². The van der Waals surface area contributed by atoms with Gasteiger partial charge in [0, 0.05) is 12.5 Å². The molecule has 3 nitrogen and oxygen atoms in total. The number of nitrogens with one attached hydrogen (secondary N) is 1. The summed E-state index contributed by atoms with van der Waals surface area (Å²) in [6.07, 6.45) is 4.78. The first kappa shape index (κ1) is 12.1. The predicted octanol–water partition coefficient (Wildman–Crippen LogP) is 2.95. The minimum atomic E-state index is 0.0451. The molecule has 90 valence electrons. The van der Waals surface area contributed by atoms with Crippen molar-refractivity contribution >= 4 is 17.2 Å². The fourth-order valence-electron chi connectivity index (χ4n) is 2.30. The maximum absolute atomic E-state index is 11.8. The van der Waals surface area contributed by atoms with Crippen molar-refractivity contribution in [2.45, 2.75) is 38.1 Å². The van der Waals surface area contributed by atoms with Gasteiger partial charge in [-0.05, 0) is 43.0 Å². The van der Waals surface area contributed by atoms with Crippen LogP contribution in [0.1, 0.15) is 41.8 Å². The van der Waals surface area contributed by atoms with Gasteiger partial charge in [-0.2, -0.15) is 5.26 Å². The molecule has 17 heavy (non-hydrogen) atoms.